The highest BCUT2D eigenvalue weighted by molar-refractivity contribution is 6.31. The van der Waals surface area contributed by atoms with Crippen LogP contribution in [-0.2, 0) is 11.2 Å². The monoisotopic (exact) mass is 568 g/mol. The molecule has 4 aliphatic rings. The summed E-state index contributed by atoms with van der Waals surface area (Å²) in [4.78, 5) is 16.1. The number of carbonyl (C=O) groups is 1. The summed E-state index contributed by atoms with van der Waals surface area (Å²) in [7, 11) is 0. The molecule has 6 heteroatoms. The van der Waals surface area contributed by atoms with Gasteiger partial charge in [0.05, 0.1) is 12.2 Å². The molecule has 6 rings (SSSR count). The highest BCUT2D eigenvalue weighted by Gasteiger charge is 2.62. The highest BCUT2D eigenvalue weighted by Crippen LogP contribution is 2.68. The summed E-state index contributed by atoms with van der Waals surface area (Å²) in [5.74, 6) is 3.29. The predicted molar refractivity (Wildman–Crippen MR) is 161 cm³/mol. The van der Waals surface area contributed by atoms with Crippen molar-refractivity contribution < 1.29 is 15.0 Å². The number of benzene rings is 1. The Balaban J connectivity index is 1.03. The van der Waals surface area contributed by atoms with Crippen LogP contribution in [0.4, 0.5) is 0 Å². The molecule has 5 nitrogen and oxygen atoms in total. The van der Waals surface area contributed by atoms with E-state index in [2.05, 4.69) is 31.1 Å². The van der Waals surface area contributed by atoms with Crippen molar-refractivity contribution in [3.05, 3.63) is 35.0 Å². The maximum absolute atomic E-state index is 12.8. The van der Waals surface area contributed by atoms with Crippen molar-refractivity contribution in [1.29, 1.82) is 0 Å². The molecule has 1 amide bonds. The molecule has 1 aromatic heterocycles. The summed E-state index contributed by atoms with van der Waals surface area (Å²) in [6.07, 6.45) is 12.6. The fourth-order valence-electron chi connectivity index (χ4n) is 10.5. The van der Waals surface area contributed by atoms with Crippen LogP contribution >= 0.6 is 11.6 Å². The third-order valence-corrected chi connectivity index (χ3v) is 12.9. The molecular formula is C34H49ClN2O3. The second kappa shape index (κ2) is 10.9. The van der Waals surface area contributed by atoms with Gasteiger partial charge in [0.15, 0.2) is 0 Å². The molecule has 1 heterocycles. The average Bonchev–Trinajstić information content (AvgIpc) is 3.48. The third-order valence-electron chi connectivity index (χ3n) is 12.7. The number of aromatic nitrogens is 1. The molecule has 4 fully saturated rings. The molecule has 0 unspecified atom stereocenters. The van der Waals surface area contributed by atoms with Gasteiger partial charge in [0.1, 0.15) is 0 Å². The van der Waals surface area contributed by atoms with Crippen molar-refractivity contribution >= 4 is 28.4 Å². The van der Waals surface area contributed by atoms with Gasteiger partial charge in [0.25, 0.3) is 0 Å². The molecule has 0 bridgehead atoms. The molecule has 0 radical (unpaired) electrons. The topological polar surface area (TPSA) is 85.4 Å². The number of H-pyrrole nitrogens is 1. The summed E-state index contributed by atoms with van der Waals surface area (Å²) >= 11 is 6.18. The molecule has 4 aliphatic carbocycles. The van der Waals surface area contributed by atoms with Gasteiger partial charge in [0.2, 0.25) is 5.91 Å². The number of rotatable bonds is 7. The van der Waals surface area contributed by atoms with E-state index in [0.29, 0.717) is 48.5 Å². The number of aliphatic hydroxyl groups excluding tert-OH is 2. The van der Waals surface area contributed by atoms with Crippen molar-refractivity contribution in [3.8, 4) is 0 Å². The first kappa shape index (κ1) is 28.6. The Labute approximate surface area is 244 Å². The van der Waals surface area contributed by atoms with Gasteiger partial charge in [-0.15, -0.1) is 0 Å². The van der Waals surface area contributed by atoms with Crippen LogP contribution in [0.25, 0.3) is 10.9 Å². The number of aromatic amines is 1. The Morgan fingerprint density at radius 1 is 1.10 bits per heavy atom. The van der Waals surface area contributed by atoms with Crippen LogP contribution in [0, 0.1) is 46.3 Å². The highest BCUT2D eigenvalue weighted by atomic mass is 35.5. The molecule has 0 spiro atoms. The number of fused-ring (bicyclic) bond motifs is 6. The van der Waals surface area contributed by atoms with Gasteiger partial charge >= 0.3 is 0 Å². The Bertz CT molecular complexity index is 1230. The van der Waals surface area contributed by atoms with Crippen LogP contribution in [0.2, 0.25) is 5.02 Å². The van der Waals surface area contributed by atoms with Crippen LogP contribution < -0.4 is 5.32 Å². The third kappa shape index (κ3) is 4.92. The van der Waals surface area contributed by atoms with Crippen molar-refractivity contribution in [2.45, 2.75) is 104 Å². The normalized spacial score (nSPS) is 39.8. The molecule has 220 valence electrons. The van der Waals surface area contributed by atoms with Crippen LogP contribution in [-0.4, -0.2) is 39.9 Å². The molecule has 1 aromatic carbocycles. The first-order valence-electron chi connectivity index (χ1n) is 16.0. The number of hydrogen-bond donors (Lipinski definition) is 4. The summed E-state index contributed by atoms with van der Waals surface area (Å²) in [6.45, 7) is 8.00. The fourth-order valence-corrected chi connectivity index (χ4v) is 10.7. The van der Waals surface area contributed by atoms with Crippen molar-refractivity contribution in [2.75, 3.05) is 6.54 Å². The summed E-state index contributed by atoms with van der Waals surface area (Å²) in [5, 5.41) is 26.8. The minimum Gasteiger partial charge on any atom is -0.393 e. The van der Waals surface area contributed by atoms with Gasteiger partial charge in [-0.05, 0) is 134 Å². The lowest BCUT2D eigenvalue weighted by molar-refractivity contribution is -0.174. The summed E-state index contributed by atoms with van der Waals surface area (Å²) in [5.41, 5.74) is 2.78. The lowest BCUT2D eigenvalue weighted by atomic mass is 9.43. The van der Waals surface area contributed by atoms with E-state index < -0.39 is 0 Å². The zero-order chi connectivity index (χ0) is 28.2. The van der Waals surface area contributed by atoms with Gasteiger partial charge in [-0.2, -0.15) is 0 Å². The maximum atomic E-state index is 12.8. The molecule has 10 atom stereocenters. The van der Waals surface area contributed by atoms with E-state index in [-0.39, 0.29) is 28.9 Å². The zero-order valence-corrected chi connectivity index (χ0v) is 25.4. The van der Waals surface area contributed by atoms with E-state index in [1.165, 1.54) is 31.2 Å². The number of hydrogen-bond acceptors (Lipinski definition) is 3. The fraction of sp³-hybridized carbons (Fsp3) is 0.735. The minimum atomic E-state index is -0.231. The van der Waals surface area contributed by atoms with Crippen LogP contribution in [0.3, 0.4) is 0 Å². The van der Waals surface area contributed by atoms with Crippen LogP contribution in [0.15, 0.2) is 24.4 Å². The maximum Gasteiger partial charge on any atom is 0.220 e. The second-order valence-electron chi connectivity index (χ2n) is 14.6. The first-order chi connectivity index (χ1) is 19.1. The molecule has 2 aromatic rings. The molecule has 0 saturated heterocycles. The van der Waals surface area contributed by atoms with Crippen LogP contribution in [0.1, 0.15) is 90.5 Å². The van der Waals surface area contributed by atoms with Gasteiger partial charge in [-0.1, -0.05) is 32.4 Å². The Hall–Kier alpha value is -1.56. The molecular weight excluding hydrogens is 520 g/mol. The second-order valence-corrected chi connectivity index (χ2v) is 15.0. The molecule has 4 saturated carbocycles. The van der Waals surface area contributed by atoms with E-state index in [1.54, 1.807) is 0 Å². The molecule has 40 heavy (non-hydrogen) atoms. The number of carbonyl (C=O) groups excluding carboxylic acids is 1. The van der Waals surface area contributed by atoms with Crippen molar-refractivity contribution in [3.63, 3.8) is 0 Å². The minimum absolute atomic E-state index is 0.147. The van der Waals surface area contributed by atoms with E-state index in [1.807, 2.05) is 24.4 Å². The average molecular weight is 569 g/mol. The zero-order valence-electron chi connectivity index (χ0n) is 24.6. The summed E-state index contributed by atoms with van der Waals surface area (Å²) < 4.78 is 0. The predicted octanol–water partition coefficient (Wildman–Crippen LogP) is 6.89. The number of aliphatic hydroxyl groups is 2. The van der Waals surface area contributed by atoms with E-state index in [4.69, 9.17) is 11.6 Å². The van der Waals surface area contributed by atoms with E-state index in [9.17, 15) is 15.0 Å². The SMILES string of the molecule is C[C@@H](CCC(=O)NCCc1c[nH]c2ccc(Cl)cc12)[C@@H]1CC[C@@H]2[C@H]3[C@H](O)C[C@H]4C[C@@H](O)CC[C@@]4(C)[C@@H]3CC[C@]21C. The Morgan fingerprint density at radius 2 is 1.88 bits per heavy atom. The number of amides is 1. The number of nitrogens with one attached hydrogen (secondary N) is 2. The van der Waals surface area contributed by atoms with Crippen LogP contribution in [0.5, 0.6) is 0 Å². The largest absolute Gasteiger partial charge is 0.393 e. The summed E-state index contributed by atoms with van der Waals surface area (Å²) in [6, 6.07) is 5.87. The van der Waals surface area contributed by atoms with Gasteiger partial charge in [-0.3, -0.25) is 4.79 Å². The quantitative estimate of drug-likeness (QED) is 0.293. The smallest absolute Gasteiger partial charge is 0.220 e. The van der Waals surface area contributed by atoms with E-state index >= 15 is 0 Å². The Morgan fingerprint density at radius 3 is 2.70 bits per heavy atom. The van der Waals surface area contributed by atoms with E-state index in [0.717, 1.165) is 54.5 Å². The standard InChI is InChI=1S/C34H49ClN2O3/c1-20(4-9-31(40)36-15-12-21-19-37-29-8-5-23(35)18-25(21)29)26-6-7-27-32-28(11-14-34(26,27)3)33(2)13-10-24(38)16-22(33)17-30(32)39/h5,8,18-20,22,24,26-28,30,32,37-39H,4,6-7,9-17H2,1-3H3,(H,36,40)/t20-,22+,24-,26-,27+,28+,30+,32+,33+,34-/m0/s1. The van der Waals surface area contributed by atoms with Crippen molar-refractivity contribution in [1.82, 2.24) is 10.3 Å². The van der Waals surface area contributed by atoms with Crippen molar-refractivity contribution in [2.24, 2.45) is 46.3 Å². The Kier molecular flexibility index (Phi) is 7.80. The lowest BCUT2D eigenvalue weighted by Crippen LogP contribution is -2.58. The molecule has 0 aliphatic heterocycles. The number of halogens is 1. The molecule has 4 N–H and O–H groups in total. The van der Waals surface area contributed by atoms with Gasteiger partial charge in [-0.25, -0.2) is 0 Å². The van der Waals surface area contributed by atoms with Gasteiger partial charge < -0.3 is 20.5 Å². The van der Waals surface area contributed by atoms with Gasteiger partial charge in [0, 0.05) is 35.1 Å². The lowest BCUT2D eigenvalue weighted by Gasteiger charge is -2.62. The first-order valence-corrected chi connectivity index (χ1v) is 16.4.